The van der Waals surface area contributed by atoms with Crippen molar-refractivity contribution in [3.63, 3.8) is 0 Å². The predicted octanol–water partition coefficient (Wildman–Crippen LogP) is 2.80. The highest BCUT2D eigenvalue weighted by Crippen LogP contribution is 2.18. The van der Waals surface area contributed by atoms with Crippen molar-refractivity contribution in [1.29, 1.82) is 0 Å². The zero-order chi connectivity index (χ0) is 19.1. The van der Waals surface area contributed by atoms with Crippen LogP contribution in [-0.2, 0) is 11.2 Å². The van der Waals surface area contributed by atoms with E-state index in [1.54, 1.807) is 9.80 Å². The van der Waals surface area contributed by atoms with Crippen molar-refractivity contribution >= 4 is 11.9 Å². The van der Waals surface area contributed by atoms with Gasteiger partial charge in [-0.05, 0) is 50.8 Å². The van der Waals surface area contributed by atoms with Crippen molar-refractivity contribution in [2.45, 2.75) is 33.1 Å². The van der Waals surface area contributed by atoms with Crippen LogP contribution >= 0.6 is 0 Å². The van der Waals surface area contributed by atoms with Gasteiger partial charge in [0, 0.05) is 44.7 Å². The topological polar surface area (TPSA) is 52.7 Å². The van der Waals surface area contributed by atoms with E-state index in [4.69, 9.17) is 0 Å². The summed E-state index contributed by atoms with van der Waals surface area (Å²) in [4.78, 5) is 28.2. The number of carbonyl (C=O) groups is 2. The molecule has 2 rings (SSSR count). The van der Waals surface area contributed by atoms with E-state index in [0.717, 1.165) is 6.07 Å². The predicted molar refractivity (Wildman–Crippen MR) is 95.7 cm³/mol. The Morgan fingerprint density at radius 2 is 1.69 bits per heavy atom. The molecule has 144 valence electrons. The van der Waals surface area contributed by atoms with Gasteiger partial charge < -0.3 is 15.1 Å². The number of likely N-dealkylation sites (tertiary alicyclic amines) is 1. The molecule has 1 aliphatic heterocycles. The molecule has 0 atom stereocenters. The molecule has 1 aromatic rings. The normalized spacial score (nSPS) is 15.0. The maximum Gasteiger partial charge on any atom is 0.319 e. The summed E-state index contributed by atoms with van der Waals surface area (Å²) < 4.78 is 26.3. The molecule has 0 radical (unpaired) electrons. The van der Waals surface area contributed by atoms with E-state index in [1.807, 2.05) is 13.8 Å². The number of hydrogen-bond donors (Lipinski definition) is 1. The van der Waals surface area contributed by atoms with Crippen LogP contribution in [0, 0.1) is 17.6 Å². The molecule has 0 aromatic heterocycles. The first-order valence-corrected chi connectivity index (χ1v) is 9.21. The second-order valence-corrected chi connectivity index (χ2v) is 6.53. The number of carbonyl (C=O) groups excluding carboxylic acids is 2. The van der Waals surface area contributed by atoms with E-state index in [2.05, 4.69) is 5.32 Å². The van der Waals surface area contributed by atoms with Crippen LogP contribution in [0.2, 0.25) is 0 Å². The number of hydrogen-bond acceptors (Lipinski definition) is 2. The highest BCUT2D eigenvalue weighted by molar-refractivity contribution is 5.79. The number of piperidine rings is 1. The van der Waals surface area contributed by atoms with Crippen molar-refractivity contribution in [2.75, 3.05) is 32.7 Å². The van der Waals surface area contributed by atoms with Gasteiger partial charge in [0.25, 0.3) is 0 Å². The molecule has 0 saturated carbocycles. The van der Waals surface area contributed by atoms with Gasteiger partial charge in [-0.1, -0.05) is 0 Å². The van der Waals surface area contributed by atoms with Gasteiger partial charge in [-0.25, -0.2) is 13.6 Å². The molecule has 1 heterocycles. The molecule has 0 bridgehead atoms. The molecule has 0 spiro atoms. The molecule has 0 unspecified atom stereocenters. The minimum absolute atomic E-state index is 0.0296. The molecule has 1 fully saturated rings. The highest BCUT2D eigenvalue weighted by atomic mass is 19.1. The van der Waals surface area contributed by atoms with Crippen molar-refractivity contribution in [3.05, 3.63) is 35.4 Å². The first-order chi connectivity index (χ1) is 12.4. The van der Waals surface area contributed by atoms with Crippen LogP contribution in [-0.4, -0.2) is 54.5 Å². The third-order valence-corrected chi connectivity index (χ3v) is 4.81. The number of amides is 3. The van der Waals surface area contributed by atoms with E-state index < -0.39 is 11.6 Å². The average Bonchev–Trinajstić information content (AvgIpc) is 2.62. The number of rotatable bonds is 6. The molecule has 1 saturated heterocycles. The van der Waals surface area contributed by atoms with Crippen molar-refractivity contribution in [1.82, 2.24) is 15.1 Å². The molecular weight excluding hydrogens is 340 g/mol. The lowest BCUT2D eigenvalue weighted by Crippen LogP contribution is -2.48. The van der Waals surface area contributed by atoms with E-state index >= 15 is 0 Å². The minimum atomic E-state index is -0.614. The fourth-order valence-electron chi connectivity index (χ4n) is 3.26. The summed E-state index contributed by atoms with van der Waals surface area (Å²) in [5.74, 6) is -1.41. The van der Waals surface area contributed by atoms with Gasteiger partial charge >= 0.3 is 6.03 Å². The first kappa shape index (κ1) is 20.1. The molecule has 1 aromatic carbocycles. The quantitative estimate of drug-likeness (QED) is 0.841. The molecule has 1 N–H and O–H groups in total. The van der Waals surface area contributed by atoms with Crippen LogP contribution in [0.1, 0.15) is 32.3 Å². The third kappa shape index (κ3) is 5.41. The van der Waals surface area contributed by atoms with Gasteiger partial charge in [0.05, 0.1) is 0 Å². The fourth-order valence-corrected chi connectivity index (χ4v) is 3.26. The number of nitrogens with zero attached hydrogens (tertiary/aromatic N) is 2. The highest BCUT2D eigenvalue weighted by Gasteiger charge is 2.28. The number of nitrogens with one attached hydrogen (secondary N) is 1. The summed E-state index contributed by atoms with van der Waals surface area (Å²) >= 11 is 0. The van der Waals surface area contributed by atoms with Gasteiger partial charge in [-0.2, -0.15) is 0 Å². The Hall–Kier alpha value is -2.18. The first-order valence-electron chi connectivity index (χ1n) is 9.21. The summed E-state index contributed by atoms with van der Waals surface area (Å²) in [6.45, 7) is 6.73. The Balaban J connectivity index is 1.75. The van der Waals surface area contributed by atoms with E-state index in [9.17, 15) is 18.4 Å². The van der Waals surface area contributed by atoms with Gasteiger partial charge in [-0.15, -0.1) is 0 Å². The lowest BCUT2D eigenvalue weighted by molar-refractivity contribution is -0.126. The van der Waals surface area contributed by atoms with Crippen LogP contribution in [0.25, 0.3) is 0 Å². The maximum atomic E-state index is 13.2. The lowest BCUT2D eigenvalue weighted by atomic mass is 9.96. The van der Waals surface area contributed by atoms with Crippen LogP contribution in [0.3, 0.4) is 0 Å². The Labute approximate surface area is 153 Å². The zero-order valence-corrected chi connectivity index (χ0v) is 15.4. The summed E-state index contributed by atoms with van der Waals surface area (Å²) in [5.41, 5.74) is 0.516. The van der Waals surface area contributed by atoms with E-state index in [-0.39, 0.29) is 17.9 Å². The van der Waals surface area contributed by atoms with Gasteiger partial charge in [0.2, 0.25) is 5.91 Å². The van der Waals surface area contributed by atoms with Crippen LogP contribution in [0.15, 0.2) is 18.2 Å². The largest absolute Gasteiger partial charge is 0.356 e. The Morgan fingerprint density at radius 3 is 2.23 bits per heavy atom. The van der Waals surface area contributed by atoms with Crippen molar-refractivity contribution < 1.29 is 18.4 Å². The summed E-state index contributed by atoms with van der Waals surface area (Å²) in [5, 5.41) is 2.83. The Kier molecular flexibility index (Phi) is 7.36. The minimum Gasteiger partial charge on any atom is -0.356 e. The monoisotopic (exact) mass is 367 g/mol. The molecule has 5 nitrogen and oxygen atoms in total. The standard InChI is InChI=1S/C19H27F2N3O2/c1-3-23(4-2)19(26)24-9-6-15(7-10-24)18(25)22-8-5-14-11-16(20)13-17(21)12-14/h11-13,15H,3-10H2,1-2H3,(H,22,25). The SMILES string of the molecule is CCN(CC)C(=O)N1CCC(C(=O)NCCc2cc(F)cc(F)c2)CC1. The molecule has 26 heavy (non-hydrogen) atoms. The molecular formula is C19H27F2N3O2. The van der Waals surface area contributed by atoms with Gasteiger partial charge in [0.1, 0.15) is 11.6 Å². The number of urea groups is 1. The van der Waals surface area contributed by atoms with Gasteiger partial charge in [-0.3, -0.25) is 4.79 Å². The van der Waals surface area contributed by atoms with E-state index in [0.29, 0.717) is 57.5 Å². The molecule has 0 aliphatic carbocycles. The summed E-state index contributed by atoms with van der Waals surface area (Å²) in [6, 6.07) is 3.40. The number of benzene rings is 1. The maximum absolute atomic E-state index is 13.2. The smallest absolute Gasteiger partial charge is 0.319 e. The van der Waals surface area contributed by atoms with Crippen LogP contribution in [0.5, 0.6) is 0 Å². The molecule has 7 heteroatoms. The lowest BCUT2D eigenvalue weighted by Gasteiger charge is -2.34. The third-order valence-electron chi connectivity index (χ3n) is 4.81. The number of halogens is 2. The Morgan fingerprint density at radius 1 is 1.12 bits per heavy atom. The Bertz CT molecular complexity index is 607. The average molecular weight is 367 g/mol. The summed E-state index contributed by atoms with van der Waals surface area (Å²) in [7, 11) is 0. The van der Waals surface area contributed by atoms with Crippen molar-refractivity contribution in [3.8, 4) is 0 Å². The van der Waals surface area contributed by atoms with Crippen molar-refractivity contribution in [2.24, 2.45) is 5.92 Å². The van der Waals surface area contributed by atoms with Gasteiger partial charge in [0.15, 0.2) is 0 Å². The molecule has 1 aliphatic rings. The van der Waals surface area contributed by atoms with Crippen LogP contribution < -0.4 is 5.32 Å². The van der Waals surface area contributed by atoms with E-state index in [1.165, 1.54) is 12.1 Å². The van der Waals surface area contributed by atoms with Crippen LogP contribution in [0.4, 0.5) is 13.6 Å². The second-order valence-electron chi connectivity index (χ2n) is 6.53. The molecule has 3 amide bonds. The second kappa shape index (κ2) is 9.50. The fraction of sp³-hybridized carbons (Fsp3) is 0.579. The zero-order valence-electron chi connectivity index (χ0n) is 15.4. The summed E-state index contributed by atoms with van der Waals surface area (Å²) in [6.07, 6.45) is 1.64.